The van der Waals surface area contributed by atoms with Gasteiger partial charge in [-0.3, -0.25) is 4.79 Å². The van der Waals surface area contributed by atoms with Crippen molar-refractivity contribution in [2.45, 2.75) is 20.3 Å². The van der Waals surface area contributed by atoms with Crippen molar-refractivity contribution >= 4 is 23.5 Å². The number of aryl methyl sites for hydroxylation is 1. The summed E-state index contributed by atoms with van der Waals surface area (Å²) in [5.41, 5.74) is 2.57. The third kappa shape index (κ3) is 5.67. The second-order valence-corrected chi connectivity index (χ2v) is 8.41. The summed E-state index contributed by atoms with van der Waals surface area (Å²) in [6.45, 7) is 5.87. The molecular weight excluding hydrogens is 440 g/mol. The highest BCUT2D eigenvalue weighted by Crippen LogP contribution is 2.28. The number of hydrogen-bond donors (Lipinski definition) is 0. The standard InChI is InChI=1S/C24H26N4O4S/c1-3-31-24(30)28-13-11-27(12-14-28)22(29)19-10-9-17(2)20(16-19)32-23-25-21(26-33-23)15-18-7-5-4-6-8-18/h4-10,16H,3,11-15H2,1-2H3. The van der Waals surface area contributed by atoms with E-state index in [9.17, 15) is 9.59 Å². The minimum Gasteiger partial charge on any atom is -0.450 e. The van der Waals surface area contributed by atoms with Gasteiger partial charge in [-0.15, -0.1) is 0 Å². The quantitative estimate of drug-likeness (QED) is 0.543. The van der Waals surface area contributed by atoms with Crippen LogP contribution in [0.1, 0.15) is 34.2 Å². The van der Waals surface area contributed by atoms with Gasteiger partial charge < -0.3 is 19.3 Å². The second kappa shape index (κ2) is 10.4. The summed E-state index contributed by atoms with van der Waals surface area (Å²) < 4.78 is 15.4. The van der Waals surface area contributed by atoms with Crippen LogP contribution in [0.5, 0.6) is 10.9 Å². The summed E-state index contributed by atoms with van der Waals surface area (Å²) in [6.07, 6.45) is 0.301. The van der Waals surface area contributed by atoms with Crippen LogP contribution in [0.25, 0.3) is 0 Å². The Morgan fingerprint density at radius 3 is 2.48 bits per heavy atom. The first-order chi connectivity index (χ1) is 16.0. The van der Waals surface area contributed by atoms with Gasteiger partial charge in [0.2, 0.25) is 0 Å². The van der Waals surface area contributed by atoms with Crippen LogP contribution in [0.4, 0.5) is 4.79 Å². The lowest BCUT2D eigenvalue weighted by molar-refractivity contribution is 0.0570. The van der Waals surface area contributed by atoms with Gasteiger partial charge in [0, 0.05) is 49.7 Å². The van der Waals surface area contributed by atoms with Crippen molar-refractivity contribution in [3.8, 4) is 10.9 Å². The summed E-state index contributed by atoms with van der Waals surface area (Å²) >= 11 is 1.19. The van der Waals surface area contributed by atoms with E-state index in [2.05, 4.69) is 9.36 Å². The van der Waals surface area contributed by atoms with E-state index < -0.39 is 0 Å². The highest BCUT2D eigenvalue weighted by atomic mass is 32.1. The Balaban J connectivity index is 1.40. The predicted octanol–water partition coefficient (Wildman–Crippen LogP) is 4.14. The van der Waals surface area contributed by atoms with Crippen molar-refractivity contribution < 1.29 is 19.1 Å². The molecule has 1 aliphatic rings. The van der Waals surface area contributed by atoms with Gasteiger partial charge in [0.15, 0.2) is 5.82 Å². The average molecular weight is 467 g/mol. The summed E-state index contributed by atoms with van der Waals surface area (Å²) in [6, 6.07) is 15.4. The molecule has 2 heterocycles. The van der Waals surface area contributed by atoms with E-state index in [4.69, 9.17) is 9.47 Å². The van der Waals surface area contributed by atoms with Crippen LogP contribution in [-0.2, 0) is 11.2 Å². The molecule has 0 saturated carbocycles. The molecule has 1 fully saturated rings. The second-order valence-electron chi connectivity index (χ2n) is 7.70. The number of aromatic nitrogens is 2. The molecule has 1 saturated heterocycles. The molecule has 0 N–H and O–H groups in total. The first-order valence-electron chi connectivity index (χ1n) is 10.9. The maximum atomic E-state index is 13.0. The van der Waals surface area contributed by atoms with Crippen LogP contribution in [-0.4, -0.2) is 63.9 Å². The van der Waals surface area contributed by atoms with E-state index in [0.717, 1.165) is 11.1 Å². The fraction of sp³-hybridized carbons (Fsp3) is 0.333. The minimum absolute atomic E-state index is 0.0922. The normalized spacial score (nSPS) is 13.6. The van der Waals surface area contributed by atoms with Crippen molar-refractivity contribution in [2.24, 2.45) is 0 Å². The van der Waals surface area contributed by atoms with Gasteiger partial charge in [-0.1, -0.05) is 36.4 Å². The molecule has 9 heteroatoms. The first kappa shape index (κ1) is 22.7. The SMILES string of the molecule is CCOC(=O)N1CCN(C(=O)c2ccc(C)c(Oc3nc(Cc4ccccc4)ns3)c2)CC1. The molecule has 2 amide bonds. The number of hydrogen-bond acceptors (Lipinski definition) is 7. The number of nitrogens with zero attached hydrogens (tertiary/aromatic N) is 4. The molecule has 8 nitrogen and oxygen atoms in total. The summed E-state index contributed by atoms with van der Waals surface area (Å²) in [7, 11) is 0. The molecule has 2 aromatic carbocycles. The Labute approximate surface area is 196 Å². The van der Waals surface area contributed by atoms with Gasteiger partial charge in [-0.25, -0.2) is 4.79 Å². The van der Waals surface area contributed by atoms with E-state index >= 15 is 0 Å². The molecule has 172 valence electrons. The molecule has 0 radical (unpaired) electrons. The lowest BCUT2D eigenvalue weighted by Gasteiger charge is -2.34. The molecule has 1 aromatic heterocycles. The Morgan fingerprint density at radius 2 is 1.76 bits per heavy atom. The van der Waals surface area contributed by atoms with E-state index in [1.807, 2.05) is 43.3 Å². The zero-order chi connectivity index (χ0) is 23.2. The number of piperazine rings is 1. The maximum absolute atomic E-state index is 13.0. The van der Waals surface area contributed by atoms with Gasteiger partial charge in [0.1, 0.15) is 5.75 Å². The highest BCUT2D eigenvalue weighted by Gasteiger charge is 2.26. The Bertz CT molecular complexity index is 1110. The lowest BCUT2D eigenvalue weighted by atomic mass is 10.1. The number of amides is 2. The fourth-order valence-corrected chi connectivity index (χ4v) is 4.12. The Kier molecular flexibility index (Phi) is 7.19. The van der Waals surface area contributed by atoms with Crippen molar-refractivity contribution in [2.75, 3.05) is 32.8 Å². The molecule has 0 unspecified atom stereocenters. The summed E-state index contributed by atoms with van der Waals surface area (Å²) in [4.78, 5) is 32.8. The summed E-state index contributed by atoms with van der Waals surface area (Å²) in [5.74, 6) is 1.18. The van der Waals surface area contributed by atoms with Crippen LogP contribution in [0.2, 0.25) is 0 Å². The Morgan fingerprint density at radius 1 is 1.03 bits per heavy atom. The van der Waals surface area contributed by atoms with E-state index in [-0.39, 0.29) is 12.0 Å². The van der Waals surface area contributed by atoms with Gasteiger partial charge in [-0.05, 0) is 37.1 Å². The molecular formula is C24H26N4O4S. The van der Waals surface area contributed by atoms with Crippen LogP contribution in [0, 0.1) is 6.92 Å². The smallest absolute Gasteiger partial charge is 0.409 e. The Hall–Kier alpha value is -3.46. The monoisotopic (exact) mass is 466 g/mol. The van der Waals surface area contributed by atoms with Crippen LogP contribution >= 0.6 is 11.5 Å². The van der Waals surface area contributed by atoms with Gasteiger partial charge >= 0.3 is 6.09 Å². The van der Waals surface area contributed by atoms with Crippen molar-refractivity contribution in [1.29, 1.82) is 0 Å². The predicted molar refractivity (Wildman–Crippen MR) is 125 cm³/mol. The molecule has 33 heavy (non-hydrogen) atoms. The van der Waals surface area contributed by atoms with E-state index in [1.165, 1.54) is 11.5 Å². The molecule has 0 atom stereocenters. The minimum atomic E-state index is -0.334. The van der Waals surface area contributed by atoms with Crippen LogP contribution < -0.4 is 4.74 Å². The highest BCUT2D eigenvalue weighted by molar-refractivity contribution is 7.07. The van der Waals surface area contributed by atoms with Crippen molar-refractivity contribution in [3.05, 3.63) is 71.0 Å². The zero-order valence-corrected chi connectivity index (χ0v) is 19.5. The van der Waals surface area contributed by atoms with Crippen LogP contribution in [0.3, 0.4) is 0 Å². The molecule has 1 aliphatic heterocycles. The molecule has 4 rings (SSSR count). The number of ether oxygens (including phenoxy) is 2. The van der Waals surface area contributed by atoms with Crippen LogP contribution in [0.15, 0.2) is 48.5 Å². The molecule has 0 aliphatic carbocycles. The van der Waals surface area contributed by atoms with Crippen molar-refractivity contribution in [3.63, 3.8) is 0 Å². The topological polar surface area (TPSA) is 84.9 Å². The number of carbonyl (C=O) groups excluding carboxylic acids is 2. The van der Waals surface area contributed by atoms with Crippen molar-refractivity contribution in [1.82, 2.24) is 19.2 Å². The van der Waals surface area contributed by atoms with Gasteiger partial charge in [0.05, 0.1) is 6.61 Å². The molecule has 0 spiro atoms. The molecule has 0 bridgehead atoms. The zero-order valence-electron chi connectivity index (χ0n) is 18.7. The van der Waals surface area contributed by atoms with Gasteiger partial charge in [-0.2, -0.15) is 9.36 Å². The lowest BCUT2D eigenvalue weighted by Crippen LogP contribution is -2.50. The third-order valence-corrected chi connectivity index (χ3v) is 6.01. The van der Waals surface area contributed by atoms with E-state index in [1.54, 1.807) is 28.9 Å². The average Bonchev–Trinajstić information content (AvgIpc) is 3.27. The maximum Gasteiger partial charge on any atom is 0.409 e. The fourth-order valence-electron chi connectivity index (χ4n) is 3.56. The molecule has 3 aromatic rings. The first-order valence-corrected chi connectivity index (χ1v) is 11.7. The number of rotatable bonds is 6. The third-order valence-electron chi connectivity index (χ3n) is 5.38. The largest absolute Gasteiger partial charge is 0.450 e. The van der Waals surface area contributed by atoms with E-state index in [0.29, 0.717) is 61.5 Å². The summed E-state index contributed by atoms with van der Waals surface area (Å²) in [5, 5.41) is 0.441. The number of carbonyl (C=O) groups is 2. The number of benzene rings is 2. The van der Waals surface area contributed by atoms with Gasteiger partial charge in [0.25, 0.3) is 11.1 Å².